The first-order valence-electron chi connectivity index (χ1n) is 3.75. The van der Waals surface area contributed by atoms with E-state index in [9.17, 15) is 0 Å². The summed E-state index contributed by atoms with van der Waals surface area (Å²) in [4.78, 5) is 2.72. The summed E-state index contributed by atoms with van der Waals surface area (Å²) in [5.74, 6) is 2.17. The maximum Gasteiger partial charge on any atom is 0.230 e. The van der Waals surface area contributed by atoms with Crippen molar-refractivity contribution in [2.24, 2.45) is 0 Å². The molecule has 0 fully saturated rings. The molecule has 0 aliphatic rings. The first kappa shape index (κ1) is 7.66. The average molecular weight is 179 g/mol. The predicted octanol–water partition coefficient (Wildman–Crippen LogP) is 1.03. The molecule has 0 aliphatic heterocycles. The fraction of sp³-hybridized carbons (Fsp3) is 0.143. The molecule has 0 bridgehead atoms. The number of nitrogen functional groups attached to an aromatic ring is 1. The van der Waals surface area contributed by atoms with Crippen LogP contribution in [0.2, 0.25) is 0 Å². The molecule has 2 heterocycles. The number of nitrogens with two attached hydrogens (primary N) is 1. The number of nitrogens with zero attached hydrogens (tertiary/aromatic N) is 2. The lowest BCUT2D eigenvalue weighted by Gasteiger charge is -1.94. The van der Waals surface area contributed by atoms with Crippen LogP contribution in [0.5, 0.6) is 0 Å². The number of nitrogens with one attached hydrogen (secondary N) is 2. The van der Waals surface area contributed by atoms with Crippen LogP contribution in [0, 0.1) is 6.92 Å². The highest BCUT2D eigenvalue weighted by molar-refractivity contribution is 5.46. The molecule has 2 aromatic rings. The number of hydrogen-bond donors (Lipinski definition) is 3. The predicted molar refractivity (Wildman–Crippen MR) is 47.5 cm³/mol. The number of rotatable bonds is 2. The molecule has 0 saturated heterocycles. The number of H-pyrrole nitrogens is 1. The van der Waals surface area contributed by atoms with Gasteiger partial charge in [0, 0.05) is 6.07 Å². The molecule has 13 heavy (non-hydrogen) atoms. The van der Waals surface area contributed by atoms with Crippen molar-refractivity contribution in [1.82, 2.24) is 15.2 Å². The average Bonchev–Trinajstić information content (AvgIpc) is 2.62. The lowest BCUT2D eigenvalue weighted by atomic mass is 10.5. The lowest BCUT2D eigenvalue weighted by Crippen LogP contribution is -1.90. The normalized spacial score (nSPS) is 10.2. The van der Waals surface area contributed by atoms with Gasteiger partial charge in [0.2, 0.25) is 11.9 Å². The Morgan fingerprint density at radius 2 is 2.31 bits per heavy atom. The van der Waals surface area contributed by atoms with Gasteiger partial charge in [0.05, 0.1) is 0 Å². The summed E-state index contributed by atoms with van der Waals surface area (Å²) in [7, 11) is 0. The minimum atomic E-state index is 0.269. The minimum Gasteiger partial charge on any atom is -0.446 e. The van der Waals surface area contributed by atoms with Gasteiger partial charge >= 0.3 is 0 Å². The van der Waals surface area contributed by atoms with Crippen LogP contribution in [0.4, 0.5) is 17.8 Å². The number of aromatic amines is 1. The third-order valence-electron chi connectivity index (χ3n) is 1.49. The standard InChI is InChI=1S/C7H9N5O/c1-4-2-3-5(13-4)9-7-10-6(8)11-12-7/h2-3H,1H3,(H4,8,9,10,11,12). The van der Waals surface area contributed by atoms with Gasteiger partial charge in [-0.05, 0) is 13.0 Å². The Hall–Kier alpha value is -1.98. The summed E-state index contributed by atoms with van der Waals surface area (Å²) in [6.07, 6.45) is 0. The van der Waals surface area contributed by atoms with E-state index in [-0.39, 0.29) is 5.95 Å². The number of aromatic nitrogens is 3. The molecule has 0 spiro atoms. The van der Waals surface area contributed by atoms with E-state index in [2.05, 4.69) is 20.5 Å². The van der Waals surface area contributed by atoms with E-state index >= 15 is 0 Å². The maximum atomic E-state index is 5.34. The molecule has 0 radical (unpaired) electrons. The van der Waals surface area contributed by atoms with Gasteiger partial charge in [-0.3, -0.25) is 10.3 Å². The summed E-state index contributed by atoms with van der Waals surface area (Å²) in [5.41, 5.74) is 5.34. The quantitative estimate of drug-likeness (QED) is 0.640. The van der Waals surface area contributed by atoms with Crippen LogP contribution in [0.15, 0.2) is 16.5 Å². The van der Waals surface area contributed by atoms with Gasteiger partial charge in [0.1, 0.15) is 5.76 Å². The monoisotopic (exact) mass is 179 g/mol. The maximum absolute atomic E-state index is 5.34. The summed E-state index contributed by atoms with van der Waals surface area (Å²) < 4.78 is 5.26. The zero-order valence-corrected chi connectivity index (χ0v) is 7.03. The number of anilines is 3. The molecular weight excluding hydrogens is 170 g/mol. The van der Waals surface area contributed by atoms with Crippen molar-refractivity contribution >= 4 is 17.8 Å². The SMILES string of the molecule is Cc1ccc(Nc2nnc(N)[nH]2)o1. The highest BCUT2D eigenvalue weighted by Gasteiger charge is 2.02. The van der Waals surface area contributed by atoms with E-state index in [0.29, 0.717) is 11.8 Å². The van der Waals surface area contributed by atoms with Gasteiger partial charge in [-0.2, -0.15) is 0 Å². The van der Waals surface area contributed by atoms with Gasteiger partial charge in [-0.1, -0.05) is 0 Å². The van der Waals surface area contributed by atoms with Gasteiger partial charge in [-0.15, -0.1) is 10.2 Å². The highest BCUT2D eigenvalue weighted by Crippen LogP contribution is 2.15. The third-order valence-corrected chi connectivity index (χ3v) is 1.49. The van der Waals surface area contributed by atoms with Gasteiger partial charge in [0.25, 0.3) is 0 Å². The zero-order valence-electron chi connectivity index (χ0n) is 7.03. The summed E-state index contributed by atoms with van der Waals surface area (Å²) in [6.45, 7) is 1.86. The van der Waals surface area contributed by atoms with Crippen molar-refractivity contribution < 1.29 is 4.42 Å². The molecule has 2 aromatic heterocycles. The fourth-order valence-electron chi connectivity index (χ4n) is 0.950. The second kappa shape index (κ2) is 2.81. The van der Waals surface area contributed by atoms with Crippen molar-refractivity contribution in [1.29, 1.82) is 0 Å². The van der Waals surface area contributed by atoms with Crippen molar-refractivity contribution in [3.8, 4) is 0 Å². The van der Waals surface area contributed by atoms with Crippen LogP contribution in [0.25, 0.3) is 0 Å². The molecule has 68 valence electrons. The Bertz CT molecular complexity index is 366. The van der Waals surface area contributed by atoms with E-state index in [4.69, 9.17) is 10.2 Å². The Balaban J connectivity index is 2.14. The number of aryl methyl sites for hydroxylation is 1. The summed E-state index contributed by atoms with van der Waals surface area (Å²) in [6, 6.07) is 3.65. The largest absolute Gasteiger partial charge is 0.446 e. The second-order valence-corrected chi connectivity index (χ2v) is 2.59. The van der Waals surface area contributed by atoms with Crippen LogP contribution in [0.3, 0.4) is 0 Å². The lowest BCUT2D eigenvalue weighted by molar-refractivity contribution is 0.550. The molecule has 0 aliphatic carbocycles. The Morgan fingerprint density at radius 1 is 1.46 bits per heavy atom. The van der Waals surface area contributed by atoms with Gasteiger partial charge in [-0.25, -0.2) is 0 Å². The second-order valence-electron chi connectivity index (χ2n) is 2.59. The van der Waals surface area contributed by atoms with Crippen LogP contribution < -0.4 is 11.1 Å². The van der Waals surface area contributed by atoms with E-state index in [1.54, 1.807) is 6.07 Å². The molecule has 0 aromatic carbocycles. The van der Waals surface area contributed by atoms with Crippen molar-refractivity contribution in [2.75, 3.05) is 11.1 Å². The highest BCUT2D eigenvalue weighted by atomic mass is 16.4. The van der Waals surface area contributed by atoms with Crippen molar-refractivity contribution in [2.45, 2.75) is 6.92 Å². The molecular formula is C7H9N5O. The minimum absolute atomic E-state index is 0.269. The first-order chi connectivity index (χ1) is 6.24. The van der Waals surface area contributed by atoms with Crippen LogP contribution in [0.1, 0.15) is 5.76 Å². The van der Waals surface area contributed by atoms with Crippen LogP contribution in [-0.4, -0.2) is 15.2 Å². The Labute approximate surface area is 74.2 Å². The van der Waals surface area contributed by atoms with E-state index < -0.39 is 0 Å². The zero-order chi connectivity index (χ0) is 9.26. The Morgan fingerprint density at radius 3 is 2.85 bits per heavy atom. The Kier molecular flexibility index (Phi) is 1.66. The topological polar surface area (TPSA) is 92.8 Å². The first-order valence-corrected chi connectivity index (χ1v) is 3.75. The van der Waals surface area contributed by atoms with Crippen molar-refractivity contribution in [3.05, 3.63) is 17.9 Å². The van der Waals surface area contributed by atoms with Crippen LogP contribution in [-0.2, 0) is 0 Å². The molecule has 0 unspecified atom stereocenters. The molecule has 6 nitrogen and oxygen atoms in total. The van der Waals surface area contributed by atoms with Gasteiger partial charge in [0.15, 0.2) is 5.88 Å². The van der Waals surface area contributed by atoms with Crippen molar-refractivity contribution in [3.63, 3.8) is 0 Å². The molecule has 0 amide bonds. The van der Waals surface area contributed by atoms with Gasteiger partial charge < -0.3 is 10.2 Å². The molecule has 0 saturated carbocycles. The number of hydrogen-bond acceptors (Lipinski definition) is 5. The summed E-state index contributed by atoms with van der Waals surface area (Å²) in [5, 5.41) is 10.2. The summed E-state index contributed by atoms with van der Waals surface area (Å²) >= 11 is 0. The van der Waals surface area contributed by atoms with E-state index in [1.807, 2.05) is 13.0 Å². The third kappa shape index (κ3) is 1.61. The molecule has 0 atom stereocenters. The molecule has 6 heteroatoms. The van der Waals surface area contributed by atoms with E-state index in [0.717, 1.165) is 5.76 Å². The smallest absolute Gasteiger partial charge is 0.230 e. The molecule has 4 N–H and O–H groups in total. The number of furan rings is 1. The molecule has 2 rings (SSSR count). The fourth-order valence-corrected chi connectivity index (χ4v) is 0.950. The van der Waals surface area contributed by atoms with E-state index in [1.165, 1.54) is 0 Å². The van der Waals surface area contributed by atoms with Crippen LogP contribution >= 0.6 is 0 Å².